The van der Waals surface area contributed by atoms with Gasteiger partial charge in [-0.3, -0.25) is 14.3 Å². The van der Waals surface area contributed by atoms with Crippen LogP contribution in [0.5, 0.6) is 0 Å². The standard InChI is InChI=1S/C21H15N3O3S.C3H6O2/c25-21-20-17(9-10-22-20)18-12-15(6-8-19(18)23-21)24-28(26,27)16-7-5-13-3-1-2-4-14(13)11-16;1-2-3(4)5/h1-12,22,24H,(H,23,25);2H2,1H3,(H,4,5). The summed E-state index contributed by atoms with van der Waals surface area (Å²) in [5.41, 5.74) is 1.32. The highest BCUT2D eigenvalue weighted by Gasteiger charge is 2.16. The quantitative estimate of drug-likeness (QED) is 0.313. The number of sulfonamides is 1. The molecule has 2 heterocycles. The van der Waals surface area contributed by atoms with Crippen LogP contribution in [0.4, 0.5) is 5.69 Å². The fourth-order valence-corrected chi connectivity index (χ4v) is 4.54. The van der Waals surface area contributed by atoms with Crippen molar-refractivity contribution in [2.45, 2.75) is 18.2 Å². The number of anilines is 1. The maximum absolute atomic E-state index is 12.9. The summed E-state index contributed by atoms with van der Waals surface area (Å²) < 4.78 is 28.4. The molecule has 4 N–H and O–H groups in total. The van der Waals surface area contributed by atoms with Gasteiger partial charge in [0.1, 0.15) is 5.52 Å². The van der Waals surface area contributed by atoms with E-state index in [1.165, 1.54) is 0 Å². The minimum absolute atomic E-state index is 0.194. The van der Waals surface area contributed by atoms with Crippen molar-refractivity contribution < 1.29 is 18.3 Å². The summed E-state index contributed by atoms with van der Waals surface area (Å²) in [6, 6.07) is 19.5. The number of fused-ring (bicyclic) bond motifs is 4. The molecule has 9 heteroatoms. The third kappa shape index (κ3) is 4.58. The smallest absolute Gasteiger partial charge is 0.303 e. The first-order valence-electron chi connectivity index (χ1n) is 10.1. The summed E-state index contributed by atoms with van der Waals surface area (Å²) in [7, 11) is -3.75. The van der Waals surface area contributed by atoms with E-state index in [4.69, 9.17) is 5.11 Å². The van der Waals surface area contributed by atoms with Crippen LogP contribution in [0.2, 0.25) is 0 Å². The van der Waals surface area contributed by atoms with Gasteiger partial charge in [-0.05, 0) is 47.2 Å². The predicted octanol–water partition coefficient (Wildman–Crippen LogP) is 4.44. The van der Waals surface area contributed by atoms with Crippen LogP contribution in [0.15, 0.2) is 82.6 Å². The number of rotatable bonds is 4. The van der Waals surface area contributed by atoms with Crippen molar-refractivity contribution in [2.75, 3.05) is 4.72 Å². The molecule has 0 bridgehead atoms. The monoisotopic (exact) mass is 463 g/mol. The van der Waals surface area contributed by atoms with E-state index in [0.29, 0.717) is 16.7 Å². The molecule has 0 aliphatic heterocycles. The zero-order valence-electron chi connectivity index (χ0n) is 17.6. The summed E-state index contributed by atoms with van der Waals surface area (Å²) in [5.74, 6) is -0.745. The van der Waals surface area contributed by atoms with E-state index in [0.717, 1.165) is 21.5 Å². The lowest BCUT2D eigenvalue weighted by atomic mass is 10.1. The average molecular weight is 464 g/mol. The number of carboxylic acids is 1. The van der Waals surface area contributed by atoms with Gasteiger partial charge < -0.3 is 15.1 Å². The number of aliphatic carboxylic acids is 1. The van der Waals surface area contributed by atoms with E-state index in [1.54, 1.807) is 55.6 Å². The molecule has 0 saturated carbocycles. The molecule has 3 aromatic carbocycles. The molecule has 0 aliphatic rings. The summed E-state index contributed by atoms with van der Waals surface area (Å²) >= 11 is 0. The number of pyridine rings is 1. The lowest BCUT2D eigenvalue weighted by molar-refractivity contribution is -0.136. The Hall–Kier alpha value is -4.11. The van der Waals surface area contributed by atoms with Crippen LogP contribution in [0.1, 0.15) is 13.3 Å². The lowest BCUT2D eigenvalue weighted by Crippen LogP contribution is -2.13. The van der Waals surface area contributed by atoms with Crippen molar-refractivity contribution in [3.63, 3.8) is 0 Å². The molecule has 0 radical (unpaired) electrons. The van der Waals surface area contributed by atoms with Gasteiger partial charge in [-0.1, -0.05) is 37.3 Å². The van der Waals surface area contributed by atoms with Crippen molar-refractivity contribution in [1.29, 1.82) is 0 Å². The Balaban J connectivity index is 0.000000471. The Morgan fingerprint density at radius 1 is 0.970 bits per heavy atom. The van der Waals surface area contributed by atoms with E-state index in [-0.39, 0.29) is 16.9 Å². The van der Waals surface area contributed by atoms with E-state index >= 15 is 0 Å². The largest absolute Gasteiger partial charge is 0.481 e. The molecule has 5 aromatic rings. The van der Waals surface area contributed by atoms with Crippen molar-refractivity contribution in [3.05, 3.63) is 83.3 Å². The molecule has 8 nitrogen and oxygen atoms in total. The molecular weight excluding hydrogens is 442 g/mol. The van der Waals surface area contributed by atoms with E-state index in [1.807, 2.05) is 24.3 Å². The van der Waals surface area contributed by atoms with Crippen LogP contribution in [0, 0.1) is 0 Å². The highest BCUT2D eigenvalue weighted by atomic mass is 32.2. The second-order valence-electron chi connectivity index (χ2n) is 7.34. The van der Waals surface area contributed by atoms with Gasteiger partial charge in [0.15, 0.2) is 0 Å². The van der Waals surface area contributed by atoms with Gasteiger partial charge in [-0.25, -0.2) is 8.42 Å². The minimum atomic E-state index is -3.75. The number of carbonyl (C=O) groups is 1. The van der Waals surface area contributed by atoms with Gasteiger partial charge in [-0.2, -0.15) is 0 Å². The zero-order chi connectivity index (χ0) is 23.6. The number of aromatic nitrogens is 2. The Morgan fingerprint density at radius 3 is 2.42 bits per heavy atom. The zero-order valence-corrected chi connectivity index (χ0v) is 18.4. The molecule has 0 amide bonds. The normalized spacial score (nSPS) is 11.3. The highest BCUT2D eigenvalue weighted by Crippen LogP contribution is 2.26. The van der Waals surface area contributed by atoms with E-state index in [2.05, 4.69) is 14.7 Å². The molecule has 0 fully saturated rings. The van der Waals surface area contributed by atoms with Crippen LogP contribution in [-0.4, -0.2) is 29.5 Å². The Kier molecular flexibility index (Phi) is 5.89. The third-order valence-corrected chi connectivity index (χ3v) is 6.50. The van der Waals surface area contributed by atoms with Crippen molar-refractivity contribution >= 4 is 54.3 Å². The number of hydrogen-bond acceptors (Lipinski definition) is 4. The van der Waals surface area contributed by atoms with Crippen molar-refractivity contribution in [2.24, 2.45) is 0 Å². The molecule has 0 aliphatic carbocycles. The molecule has 168 valence electrons. The number of H-pyrrole nitrogens is 2. The molecule has 2 aromatic heterocycles. The maximum atomic E-state index is 12.9. The van der Waals surface area contributed by atoms with E-state index in [9.17, 15) is 18.0 Å². The molecule has 0 atom stereocenters. The lowest BCUT2D eigenvalue weighted by Gasteiger charge is -2.10. The van der Waals surface area contributed by atoms with E-state index < -0.39 is 16.0 Å². The van der Waals surface area contributed by atoms with Crippen LogP contribution in [0.3, 0.4) is 0 Å². The number of hydrogen-bond donors (Lipinski definition) is 4. The van der Waals surface area contributed by atoms with Gasteiger partial charge >= 0.3 is 5.97 Å². The third-order valence-electron chi connectivity index (χ3n) is 5.12. The Morgan fingerprint density at radius 2 is 1.70 bits per heavy atom. The second-order valence-corrected chi connectivity index (χ2v) is 9.02. The van der Waals surface area contributed by atoms with Gasteiger partial charge in [0.2, 0.25) is 0 Å². The maximum Gasteiger partial charge on any atom is 0.303 e. The summed E-state index contributed by atoms with van der Waals surface area (Å²) in [6.07, 6.45) is 1.91. The van der Waals surface area contributed by atoms with Gasteiger partial charge in [0, 0.05) is 34.6 Å². The molecule has 5 rings (SSSR count). The average Bonchev–Trinajstić information content (AvgIpc) is 3.30. The number of aromatic amines is 2. The van der Waals surface area contributed by atoms with Gasteiger partial charge in [0.25, 0.3) is 15.6 Å². The summed E-state index contributed by atoms with van der Waals surface area (Å²) in [5, 5.41) is 11.1. The fourth-order valence-electron chi connectivity index (χ4n) is 3.45. The fraction of sp³-hybridized carbons (Fsp3) is 0.0833. The molecule has 0 saturated heterocycles. The second kappa shape index (κ2) is 8.79. The number of benzene rings is 3. The highest BCUT2D eigenvalue weighted by molar-refractivity contribution is 7.92. The molecular formula is C24H21N3O5S. The minimum Gasteiger partial charge on any atom is -0.481 e. The van der Waals surface area contributed by atoms with Crippen LogP contribution >= 0.6 is 0 Å². The van der Waals surface area contributed by atoms with Crippen molar-refractivity contribution in [3.8, 4) is 0 Å². The van der Waals surface area contributed by atoms with Crippen molar-refractivity contribution in [1.82, 2.24) is 9.97 Å². The van der Waals surface area contributed by atoms with Crippen LogP contribution < -0.4 is 10.3 Å². The predicted molar refractivity (Wildman–Crippen MR) is 129 cm³/mol. The van der Waals surface area contributed by atoms with Crippen LogP contribution in [0.25, 0.3) is 32.6 Å². The molecule has 0 unspecified atom stereocenters. The first-order chi connectivity index (χ1) is 15.8. The summed E-state index contributed by atoms with van der Waals surface area (Å²) in [4.78, 5) is 27.3. The SMILES string of the molecule is CCC(=O)O.O=c1[nH]c2ccc(NS(=O)(=O)c3ccc4ccccc4c3)cc2c2cc[nH]c12. The Bertz CT molecular complexity index is 1650. The Labute approximate surface area is 188 Å². The topological polar surface area (TPSA) is 132 Å². The first kappa shape index (κ1) is 22.1. The first-order valence-corrected chi connectivity index (χ1v) is 11.6. The van der Waals surface area contributed by atoms with Gasteiger partial charge in [0.05, 0.1) is 4.90 Å². The molecule has 0 spiro atoms. The number of nitrogens with one attached hydrogen (secondary N) is 3. The van der Waals surface area contributed by atoms with Gasteiger partial charge in [-0.15, -0.1) is 0 Å². The number of carboxylic acid groups (broad SMARTS) is 1. The summed E-state index contributed by atoms with van der Waals surface area (Å²) in [6.45, 7) is 1.60. The molecule has 33 heavy (non-hydrogen) atoms. The van der Waals surface area contributed by atoms with Crippen LogP contribution in [-0.2, 0) is 14.8 Å².